The highest BCUT2D eigenvalue weighted by Gasteiger charge is 2.46. The molecule has 1 amide bonds. The first kappa shape index (κ1) is 33.3. The number of hydrogen-bond acceptors (Lipinski definition) is 7. The number of esters is 1. The van der Waals surface area contributed by atoms with E-state index in [1.807, 2.05) is 18.2 Å². The minimum Gasteiger partial charge on any atom is -0.490 e. The van der Waals surface area contributed by atoms with Crippen molar-refractivity contribution in [2.45, 2.75) is 62.1 Å². The molecule has 0 radical (unpaired) electrons. The van der Waals surface area contributed by atoms with Gasteiger partial charge in [-0.25, -0.2) is 4.79 Å². The Morgan fingerprint density at radius 3 is 2.83 bits per heavy atom. The fourth-order valence-electron chi connectivity index (χ4n) is 7.85. The minimum atomic E-state index is -2.15. The molecule has 46 heavy (non-hydrogen) atoms. The first-order chi connectivity index (χ1) is 22.2. The summed E-state index contributed by atoms with van der Waals surface area (Å²) in [5.41, 5.74) is 1.25. The molecule has 0 saturated heterocycles. The topological polar surface area (TPSA) is 88.5 Å². The molecule has 5 atom stereocenters. The molecule has 2 aromatic carbocycles. The van der Waals surface area contributed by atoms with Gasteiger partial charge in [0.25, 0.3) is 0 Å². The van der Waals surface area contributed by atoms with Gasteiger partial charge in [0, 0.05) is 42.4 Å². The van der Waals surface area contributed by atoms with Crippen LogP contribution >= 0.6 is 27.5 Å². The van der Waals surface area contributed by atoms with Crippen molar-refractivity contribution in [2.24, 2.45) is 11.8 Å². The zero-order valence-electron chi connectivity index (χ0n) is 26.7. The molecule has 8 nitrogen and oxygen atoms in total. The largest absolute Gasteiger partial charge is 0.490 e. The van der Waals surface area contributed by atoms with E-state index in [4.69, 9.17) is 25.8 Å². The summed E-state index contributed by atoms with van der Waals surface area (Å²) >= 11 is 9.97. The van der Waals surface area contributed by atoms with Gasteiger partial charge in [0.2, 0.25) is 5.91 Å². The van der Waals surface area contributed by atoms with Crippen molar-refractivity contribution in [3.8, 4) is 5.75 Å². The second-order valence-corrected chi connectivity index (χ2v) is 14.6. The van der Waals surface area contributed by atoms with E-state index in [0.717, 1.165) is 54.7 Å². The summed E-state index contributed by atoms with van der Waals surface area (Å²) in [6.45, 7) is 3.06. The Balaban J connectivity index is 1.46. The summed E-state index contributed by atoms with van der Waals surface area (Å²) in [5, 5.41) is 13.4. The van der Waals surface area contributed by atoms with Crippen LogP contribution in [-0.4, -0.2) is 80.3 Å². The van der Waals surface area contributed by atoms with Gasteiger partial charge in [0.15, 0.2) is 5.60 Å². The number of rotatable bonds is 4. The Hall–Kier alpha value is -2.59. The lowest BCUT2D eigenvalue weighted by molar-refractivity contribution is -0.168. The lowest BCUT2D eigenvalue weighted by Gasteiger charge is -2.46. The quantitative estimate of drug-likeness (QED) is 0.244. The van der Waals surface area contributed by atoms with Crippen LogP contribution in [0, 0.1) is 11.8 Å². The summed E-state index contributed by atoms with van der Waals surface area (Å²) in [7, 11) is 2.93. The Bertz CT molecular complexity index is 1490. The first-order valence-electron chi connectivity index (χ1n) is 16.4. The molecule has 2 heterocycles. The van der Waals surface area contributed by atoms with Gasteiger partial charge in [-0.05, 0) is 91.3 Å². The fourth-order valence-corrected chi connectivity index (χ4v) is 8.23. The molecule has 6 rings (SSSR count). The monoisotopic (exact) mass is 714 g/mol. The number of hydrogen-bond donors (Lipinski definition) is 1. The molecule has 1 spiro atoms. The minimum absolute atomic E-state index is 0.0184. The molecule has 248 valence electrons. The van der Waals surface area contributed by atoms with E-state index >= 15 is 0 Å². The maximum Gasteiger partial charge on any atom is 0.343 e. The highest BCUT2D eigenvalue weighted by atomic mass is 79.9. The maximum absolute atomic E-state index is 13.4. The summed E-state index contributed by atoms with van der Waals surface area (Å²) < 4.78 is 18.1. The molecule has 1 N–H and O–H groups in total. The number of alkyl halides is 1. The molecular formula is C36H44BrClN2O6. The Kier molecular flexibility index (Phi) is 10.0. The number of anilines is 1. The van der Waals surface area contributed by atoms with Gasteiger partial charge in [-0.1, -0.05) is 51.8 Å². The number of aryl methyl sites for hydroxylation is 1. The van der Waals surface area contributed by atoms with Crippen LogP contribution in [0.25, 0.3) is 0 Å². The molecule has 1 saturated carbocycles. The van der Waals surface area contributed by atoms with Crippen molar-refractivity contribution >= 4 is 45.1 Å². The predicted molar refractivity (Wildman–Crippen MR) is 182 cm³/mol. The third kappa shape index (κ3) is 6.45. The van der Waals surface area contributed by atoms with Gasteiger partial charge in [-0.15, -0.1) is 0 Å². The van der Waals surface area contributed by atoms with Gasteiger partial charge < -0.3 is 29.1 Å². The Labute approximate surface area is 285 Å². The average Bonchev–Trinajstić information content (AvgIpc) is 3.19. The number of carbonyl (C=O) groups is 2. The van der Waals surface area contributed by atoms with Crippen LogP contribution in [0.2, 0.25) is 5.02 Å². The number of methoxy groups -OCH3 is 1. The van der Waals surface area contributed by atoms with Crippen LogP contribution in [0.5, 0.6) is 5.75 Å². The van der Waals surface area contributed by atoms with Gasteiger partial charge in [-0.2, -0.15) is 0 Å². The zero-order chi connectivity index (χ0) is 32.5. The molecular weight excluding hydrogens is 672 g/mol. The lowest BCUT2D eigenvalue weighted by Crippen LogP contribution is -2.50. The van der Waals surface area contributed by atoms with Gasteiger partial charge in [0.05, 0.1) is 38.5 Å². The predicted octanol–water partition coefficient (Wildman–Crippen LogP) is 5.79. The normalized spacial score (nSPS) is 30.4. The molecule has 2 aliphatic heterocycles. The van der Waals surface area contributed by atoms with Crippen molar-refractivity contribution in [1.82, 2.24) is 4.90 Å². The molecule has 10 heteroatoms. The van der Waals surface area contributed by atoms with E-state index in [1.165, 1.54) is 18.2 Å². The summed E-state index contributed by atoms with van der Waals surface area (Å²) in [4.78, 5) is 30.6. The lowest BCUT2D eigenvalue weighted by atomic mass is 9.68. The molecule has 0 aromatic heterocycles. The van der Waals surface area contributed by atoms with Crippen LogP contribution in [0.15, 0.2) is 48.6 Å². The number of amides is 1. The molecule has 2 aromatic rings. The highest BCUT2D eigenvalue weighted by Crippen LogP contribution is 2.48. The average molecular weight is 716 g/mol. The first-order valence-corrected chi connectivity index (χ1v) is 17.9. The zero-order valence-corrected chi connectivity index (χ0v) is 29.0. The molecule has 2 aliphatic carbocycles. The summed E-state index contributed by atoms with van der Waals surface area (Å²) in [6, 6.07) is 11.6. The van der Waals surface area contributed by atoms with Crippen LogP contribution in [0.1, 0.15) is 55.2 Å². The van der Waals surface area contributed by atoms with E-state index in [9.17, 15) is 14.7 Å². The van der Waals surface area contributed by atoms with E-state index < -0.39 is 18.0 Å². The van der Waals surface area contributed by atoms with Crippen molar-refractivity contribution in [2.75, 3.05) is 57.2 Å². The second-order valence-electron chi connectivity index (χ2n) is 13.4. The number of fused-ring (bicyclic) bond motifs is 4. The smallest absolute Gasteiger partial charge is 0.343 e. The Morgan fingerprint density at radius 2 is 2.07 bits per heavy atom. The third-order valence-corrected chi connectivity index (χ3v) is 11.1. The molecule has 0 unspecified atom stereocenters. The van der Waals surface area contributed by atoms with Gasteiger partial charge in [0.1, 0.15) is 5.75 Å². The van der Waals surface area contributed by atoms with Gasteiger partial charge in [-0.3, -0.25) is 4.79 Å². The number of carbonyl (C=O) groups excluding carboxylic acids is 2. The molecule has 1 fully saturated rings. The maximum atomic E-state index is 13.4. The number of halogens is 2. The molecule has 4 aliphatic rings. The highest BCUT2D eigenvalue weighted by molar-refractivity contribution is 9.09. The summed E-state index contributed by atoms with van der Waals surface area (Å²) in [5.74, 6) is 0.206. The van der Waals surface area contributed by atoms with Crippen LogP contribution in [-0.2, 0) is 36.5 Å². The van der Waals surface area contributed by atoms with E-state index in [0.29, 0.717) is 55.9 Å². The van der Waals surface area contributed by atoms with Crippen molar-refractivity contribution in [1.29, 1.82) is 0 Å². The third-order valence-electron chi connectivity index (χ3n) is 10.6. The standard InChI is InChI=1S/C36H44BrClN2O6/c1-39-16-4-3-7-31(45-17-15-37)28-11-8-25(28)21-40-22-35(14-5-6-24-18-27(38)10-12-29(24)35)23-46-32-13-9-26(19-30(32)40)36(43,20-33(39)41)34(42)44-2/h3,7,9-10,12-13,18-19,25,28,31,43H,4-6,8,11,14-17,20-23H2,1-2H3/b7-3-/t25-,28+,31-,35-,36+/m0/s1. The summed E-state index contributed by atoms with van der Waals surface area (Å²) in [6.07, 6.45) is 9.59. The number of aliphatic hydroxyl groups is 1. The number of nitrogens with zero attached hydrogens (tertiary/aromatic N) is 2. The fraction of sp³-hybridized carbons (Fsp3) is 0.556. The Morgan fingerprint density at radius 1 is 1.22 bits per heavy atom. The molecule has 2 bridgehead atoms. The van der Waals surface area contributed by atoms with Crippen LogP contribution in [0.3, 0.4) is 0 Å². The van der Waals surface area contributed by atoms with Gasteiger partial charge >= 0.3 is 5.97 Å². The van der Waals surface area contributed by atoms with E-state index in [-0.39, 0.29) is 17.4 Å². The van der Waals surface area contributed by atoms with E-state index in [2.05, 4.69) is 45.1 Å². The van der Waals surface area contributed by atoms with Crippen LogP contribution < -0.4 is 9.64 Å². The van der Waals surface area contributed by atoms with Crippen molar-refractivity contribution in [3.05, 3.63) is 70.3 Å². The second kappa shape index (κ2) is 13.9. The number of ether oxygens (including phenoxy) is 3. The van der Waals surface area contributed by atoms with E-state index in [1.54, 1.807) is 18.0 Å². The van der Waals surface area contributed by atoms with Crippen molar-refractivity contribution in [3.63, 3.8) is 0 Å². The van der Waals surface area contributed by atoms with Crippen molar-refractivity contribution < 1.29 is 28.9 Å². The number of benzene rings is 2. The van der Waals surface area contributed by atoms with Crippen LogP contribution in [0.4, 0.5) is 5.69 Å². The SMILES string of the molecule is COC(=O)[C@@]1(O)CC(=O)N(C)CC/C=C\[C@H](OCCBr)[C@@H]2CC[C@H]2CN2C[C@@]3(CCCc4cc(Cl)ccc43)COc3ccc1cc32.